The van der Waals surface area contributed by atoms with Gasteiger partial charge in [-0.1, -0.05) is 0 Å². The summed E-state index contributed by atoms with van der Waals surface area (Å²) in [6.07, 6.45) is -14.7. The summed E-state index contributed by atoms with van der Waals surface area (Å²) in [5, 5.41) is 0. The summed E-state index contributed by atoms with van der Waals surface area (Å²) >= 11 is 0. The zero-order valence-electron chi connectivity index (χ0n) is 9.92. The molecule has 0 spiro atoms. The standard InChI is InChI=1S/C6H6F9O6P/c7-4(8,9)1-16-19-22(20-17-2-5(10,11)12)21-18-3-6(13,14)15/h1-3H2. The SMILES string of the molecule is FC(F)(F)COOP(OOCC(F)(F)F)OOCC(F)(F)F. The minimum absolute atomic E-state index is 2.04. The van der Waals surface area contributed by atoms with Crippen molar-refractivity contribution in [2.45, 2.75) is 18.5 Å². The second-order valence-electron chi connectivity index (χ2n) is 3.08. The van der Waals surface area contributed by atoms with Crippen LogP contribution in [0.25, 0.3) is 0 Å². The summed E-state index contributed by atoms with van der Waals surface area (Å²) in [7, 11) is -3.39. The molecule has 16 heteroatoms. The van der Waals surface area contributed by atoms with Gasteiger partial charge < -0.3 is 0 Å². The Hall–Kier alpha value is -0.440. The van der Waals surface area contributed by atoms with Crippen molar-refractivity contribution in [3.05, 3.63) is 0 Å². The Morgan fingerprint density at radius 2 is 0.727 bits per heavy atom. The molecule has 22 heavy (non-hydrogen) atoms. The Labute approximate surface area is 116 Å². The maximum atomic E-state index is 11.7. The van der Waals surface area contributed by atoms with Crippen molar-refractivity contribution in [2.24, 2.45) is 0 Å². The largest absolute Gasteiger partial charge is 0.421 e. The van der Waals surface area contributed by atoms with E-state index < -0.39 is 47.0 Å². The molecule has 0 N–H and O–H groups in total. The molecule has 0 aromatic carbocycles. The van der Waals surface area contributed by atoms with Gasteiger partial charge in [0.05, 0.1) is 0 Å². The van der Waals surface area contributed by atoms with E-state index in [9.17, 15) is 39.5 Å². The Morgan fingerprint density at radius 1 is 0.500 bits per heavy atom. The molecule has 0 saturated heterocycles. The second-order valence-corrected chi connectivity index (χ2v) is 3.97. The van der Waals surface area contributed by atoms with Gasteiger partial charge in [0.25, 0.3) is 0 Å². The Morgan fingerprint density at radius 3 is 0.909 bits per heavy atom. The minimum atomic E-state index is -4.89. The van der Waals surface area contributed by atoms with Crippen LogP contribution >= 0.6 is 8.60 Å². The van der Waals surface area contributed by atoms with Gasteiger partial charge in [-0.3, -0.25) is 0 Å². The van der Waals surface area contributed by atoms with Gasteiger partial charge in [0.15, 0.2) is 19.8 Å². The molecular weight excluding hydrogens is 370 g/mol. The van der Waals surface area contributed by atoms with E-state index >= 15 is 0 Å². The summed E-state index contributed by atoms with van der Waals surface area (Å²) in [5.74, 6) is 0. The monoisotopic (exact) mass is 376 g/mol. The minimum Gasteiger partial charge on any atom is -0.219 e. The van der Waals surface area contributed by atoms with Crippen LogP contribution < -0.4 is 0 Å². The van der Waals surface area contributed by atoms with Gasteiger partial charge in [0, 0.05) is 0 Å². The smallest absolute Gasteiger partial charge is 0.219 e. The molecule has 0 heterocycles. The topological polar surface area (TPSA) is 55.4 Å². The Kier molecular flexibility index (Phi) is 8.82. The first-order valence-electron chi connectivity index (χ1n) is 4.68. The van der Waals surface area contributed by atoms with Crippen molar-refractivity contribution in [2.75, 3.05) is 19.8 Å². The van der Waals surface area contributed by atoms with Crippen molar-refractivity contribution in [3.8, 4) is 0 Å². The average molecular weight is 376 g/mol. The van der Waals surface area contributed by atoms with Crippen LogP contribution in [-0.2, 0) is 28.7 Å². The second kappa shape index (κ2) is 9.00. The van der Waals surface area contributed by atoms with Gasteiger partial charge in [-0.15, -0.1) is 14.0 Å². The highest BCUT2D eigenvalue weighted by atomic mass is 31.2. The van der Waals surface area contributed by atoms with Crippen molar-refractivity contribution < 1.29 is 68.2 Å². The van der Waals surface area contributed by atoms with Crippen LogP contribution in [0.2, 0.25) is 0 Å². The van der Waals surface area contributed by atoms with E-state index in [2.05, 4.69) is 28.7 Å². The zero-order chi connectivity index (χ0) is 17.4. The van der Waals surface area contributed by atoms with E-state index in [1.54, 1.807) is 0 Å². The number of hydrogen-bond acceptors (Lipinski definition) is 6. The molecule has 0 fully saturated rings. The van der Waals surface area contributed by atoms with Crippen LogP contribution in [0.15, 0.2) is 0 Å². The van der Waals surface area contributed by atoms with E-state index in [1.807, 2.05) is 0 Å². The highest BCUT2D eigenvalue weighted by Crippen LogP contribution is 2.41. The molecule has 0 bridgehead atoms. The molecule has 0 aliphatic heterocycles. The van der Waals surface area contributed by atoms with E-state index in [0.29, 0.717) is 0 Å². The number of alkyl halides is 9. The average Bonchev–Trinajstić information content (AvgIpc) is 2.23. The van der Waals surface area contributed by atoms with Crippen LogP contribution in [0.1, 0.15) is 0 Å². The fourth-order valence-electron chi connectivity index (χ4n) is 0.446. The third-order valence-corrected chi connectivity index (χ3v) is 1.69. The zero-order valence-corrected chi connectivity index (χ0v) is 10.8. The molecule has 0 aromatic rings. The van der Waals surface area contributed by atoms with Crippen LogP contribution in [-0.4, -0.2) is 38.3 Å². The fourth-order valence-corrected chi connectivity index (χ4v) is 0.937. The number of rotatable bonds is 9. The molecule has 6 nitrogen and oxygen atoms in total. The molecule has 0 rings (SSSR count). The van der Waals surface area contributed by atoms with Crippen LogP contribution in [0.3, 0.4) is 0 Å². The first kappa shape index (κ1) is 21.6. The Bertz CT molecular complexity index is 257. The molecule has 0 aromatic heterocycles. The van der Waals surface area contributed by atoms with E-state index in [0.717, 1.165) is 0 Å². The van der Waals surface area contributed by atoms with Gasteiger partial charge >= 0.3 is 27.1 Å². The fraction of sp³-hybridized carbons (Fsp3) is 1.00. The van der Waals surface area contributed by atoms with E-state index in [-0.39, 0.29) is 0 Å². The summed E-state index contributed by atoms with van der Waals surface area (Å²) in [4.78, 5) is 10.4. The highest BCUT2D eigenvalue weighted by Gasteiger charge is 2.34. The first-order chi connectivity index (χ1) is 9.79. The van der Waals surface area contributed by atoms with Gasteiger partial charge in [-0.2, -0.15) is 39.5 Å². The molecule has 0 aliphatic rings. The third-order valence-electron chi connectivity index (χ3n) is 1.01. The van der Waals surface area contributed by atoms with Gasteiger partial charge in [-0.25, -0.2) is 14.7 Å². The van der Waals surface area contributed by atoms with E-state index in [1.165, 1.54) is 0 Å². The molecule has 0 aliphatic carbocycles. The maximum Gasteiger partial charge on any atom is 0.421 e. The molecule has 0 radical (unpaired) electrons. The van der Waals surface area contributed by atoms with Gasteiger partial charge in [-0.05, 0) is 0 Å². The van der Waals surface area contributed by atoms with Crippen molar-refractivity contribution >= 4 is 8.60 Å². The van der Waals surface area contributed by atoms with Crippen molar-refractivity contribution in [1.29, 1.82) is 0 Å². The molecule has 0 unspecified atom stereocenters. The van der Waals surface area contributed by atoms with Crippen molar-refractivity contribution in [1.82, 2.24) is 0 Å². The maximum absolute atomic E-state index is 11.7. The van der Waals surface area contributed by atoms with E-state index in [4.69, 9.17) is 0 Å². The highest BCUT2D eigenvalue weighted by molar-refractivity contribution is 7.41. The molecular formula is C6H6F9O6P. The van der Waals surface area contributed by atoms with Gasteiger partial charge in [0.1, 0.15) is 0 Å². The first-order valence-corrected chi connectivity index (χ1v) is 5.77. The quantitative estimate of drug-likeness (QED) is 0.265. The summed E-state index contributed by atoms with van der Waals surface area (Å²) < 4.78 is 116. The van der Waals surface area contributed by atoms with Crippen LogP contribution in [0.5, 0.6) is 0 Å². The number of hydrogen-bond donors (Lipinski definition) is 0. The number of halogens is 9. The predicted octanol–water partition coefficient (Wildman–Crippen LogP) is 3.74. The normalized spacial score (nSPS) is 13.9. The van der Waals surface area contributed by atoms with Crippen LogP contribution in [0, 0.1) is 0 Å². The molecule has 134 valence electrons. The lowest BCUT2D eigenvalue weighted by Crippen LogP contribution is -2.19. The van der Waals surface area contributed by atoms with Gasteiger partial charge in [0.2, 0.25) is 0 Å². The van der Waals surface area contributed by atoms with Crippen LogP contribution in [0.4, 0.5) is 39.5 Å². The lowest BCUT2D eigenvalue weighted by atomic mass is 10.7. The molecule has 0 saturated carbocycles. The van der Waals surface area contributed by atoms with Crippen molar-refractivity contribution in [3.63, 3.8) is 0 Å². The molecule has 0 amide bonds. The lowest BCUT2D eigenvalue weighted by Gasteiger charge is -2.15. The predicted molar refractivity (Wildman–Crippen MR) is 46.2 cm³/mol. The lowest BCUT2D eigenvalue weighted by molar-refractivity contribution is -0.353. The molecule has 0 atom stereocenters. The summed E-state index contributed by atoms with van der Waals surface area (Å²) in [6.45, 7) is -6.13. The Balaban J connectivity index is 4.19. The summed E-state index contributed by atoms with van der Waals surface area (Å²) in [5.41, 5.74) is 0. The summed E-state index contributed by atoms with van der Waals surface area (Å²) in [6, 6.07) is 0. The third kappa shape index (κ3) is 15.9.